The van der Waals surface area contributed by atoms with Crippen LogP contribution < -0.4 is 5.73 Å². The van der Waals surface area contributed by atoms with Crippen LogP contribution in [0.3, 0.4) is 0 Å². The zero-order valence-electron chi connectivity index (χ0n) is 12.2. The van der Waals surface area contributed by atoms with Crippen molar-refractivity contribution in [3.05, 3.63) is 0 Å². The smallest absolute Gasteiger partial charge is 0.225 e. The summed E-state index contributed by atoms with van der Waals surface area (Å²) in [6.07, 6.45) is 6.36. The first-order valence-corrected chi connectivity index (χ1v) is 7.69. The number of nitrogens with two attached hydrogens (primary N) is 1. The molecular formula is C15H28N2O2. The number of amides is 1. The Bertz CT molecular complexity index is 311. The molecule has 0 aromatic heterocycles. The molecule has 2 aliphatic rings. The molecule has 0 saturated heterocycles. The zero-order valence-corrected chi connectivity index (χ0v) is 12.2. The van der Waals surface area contributed by atoms with Gasteiger partial charge in [-0.15, -0.1) is 0 Å². The fourth-order valence-corrected chi connectivity index (χ4v) is 3.85. The third kappa shape index (κ3) is 3.48. The quantitative estimate of drug-likeness (QED) is 0.798. The Morgan fingerprint density at radius 3 is 2.53 bits per heavy atom. The average Bonchev–Trinajstić information content (AvgIpc) is 2.36. The summed E-state index contributed by atoms with van der Waals surface area (Å²) in [6, 6.07) is 0.164. The number of hydrogen-bond acceptors (Lipinski definition) is 3. The molecule has 0 aromatic rings. The van der Waals surface area contributed by atoms with Gasteiger partial charge in [-0.05, 0) is 38.0 Å². The lowest BCUT2D eigenvalue weighted by atomic mass is 9.78. The van der Waals surface area contributed by atoms with E-state index >= 15 is 0 Å². The van der Waals surface area contributed by atoms with E-state index in [4.69, 9.17) is 5.73 Å². The minimum absolute atomic E-state index is 0.00899. The maximum atomic E-state index is 12.6. The van der Waals surface area contributed by atoms with Crippen molar-refractivity contribution in [1.82, 2.24) is 4.90 Å². The van der Waals surface area contributed by atoms with Crippen molar-refractivity contribution in [2.24, 2.45) is 17.6 Å². The molecule has 4 heteroatoms. The molecule has 0 radical (unpaired) electrons. The van der Waals surface area contributed by atoms with Crippen LogP contribution in [-0.2, 0) is 4.79 Å². The van der Waals surface area contributed by atoms with Crippen LogP contribution in [0.2, 0.25) is 0 Å². The van der Waals surface area contributed by atoms with Crippen LogP contribution in [-0.4, -0.2) is 41.1 Å². The summed E-state index contributed by atoms with van der Waals surface area (Å²) < 4.78 is 0. The van der Waals surface area contributed by atoms with Crippen molar-refractivity contribution >= 4 is 5.91 Å². The number of rotatable bonds is 2. The van der Waals surface area contributed by atoms with Crippen molar-refractivity contribution in [2.75, 3.05) is 7.05 Å². The number of aliphatic hydroxyl groups excluding tert-OH is 1. The fraction of sp³-hybridized carbons (Fsp3) is 0.933. The predicted molar refractivity (Wildman–Crippen MR) is 75.5 cm³/mol. The molecule has 0 bridgehead atoms. The van der Waals surface area contributed by atoms with Crippen LogP contribution in [0.15, 0.2) is 0 Å². The molecule has 2 rings (SSSR count). The van der Waals surface area contributed by atoms with Gasteiger partial charge in [-0.3, -0.25) is 4.79 Å². The van der Waals surface area contributed by atoms with Gasteiger partial charge in [0.2, 0.25) is 5.91 Å². The van der Waals surface area contributed by atoms with E-state index in [9.17, 15) is 9.90 Å². The highest BCUT2D eigenvalue weighted by molar-refractivity contribution is 5.79. The number of aliphatic hydroxyl groups is 1. The first-order chi connectivity index (χ1) is 8.99. The predicted octanol–water partition coefficient (Wildman–Crippen LogP) is 1.51. The summed E-state index contributed by atoms with van der Waals surface area (Å²) in [5, 5.41) is 10.1. The second-order valence-electron chi connectivity index (χ2n) is 6.64. The molecule has 2 saturated carbocycles. The Balaban J connectivity index is 1.97. The van der Waals surface area contributed by atoms with Crippen LogP contribution in [0, 0.1) is 11.8 Å². The van der Waals surface area contributed by atoms with Gasteiger partial charge in [-0.1, -0.05) is 19.8 Å². The molecule has 3 N–H and O–H groups in total. The molecule has 5 atom stereocenters. The largest absolute Gasteiger partial charge is 0.391 e. The molecule has 4 nitrogen and oxygen atoms in total. The van der Waals surface area contributed by atoms with Crippen molar-refractivity contribution in [3.63, 3.8) is 0 Å². The van der Waals surface area contributed by atoms with Gasteiger partial charge in [0.15, 0.2) is 0 Å². The highest BCUT2D eigenvalue weighted by Crippen LogP contribution is 2.31. The molecule has 0 spiro atoms. The number of hydrogen-bond donors (Lipinski definition) is 2. The Morgan fingerprint density at radius 2 is 1.89 bits per heavy atom. The molecule has 2 aliphatic carbocycles. The van der Waals surface area contributed by atoms with Crippen LogP contribution in [0.25, 0.3) is 0 Å². The fourth-order valence-electron chi connectivity index (χ4n) is 3.85. The van der Waals surface area contributed by atoms with Gasteiger partial charge < -0.3 is 15.7 Å². The summed E-state index contributed by atoms with van der Waals surface area (Å²) in [5.41, 5.74) is 6.04. The third-order valence-corrected chi connectivity index (χ3v) is 4.87. The maximum absolute atomic E-state index is 12.6. The minimum Gasteiger partial charge on any atom is -0.391 e. The van der Waals surface area contributed by atoms with E-state index < -0.39 is 0 Å². The summed E-state index contributed by atoms with van der Waals surface area (Å²) in [7, 11) is 1.85. The molecule has 2 fully saturated rings. The summed E-state index contributed by atoms with van der Waals surface area (Å²) in [5.74, 6) is 0.771. The standard InChI is InChI=1S/C15H28N2O2/c1-10-7-11(9-12(16)8-10)15(19)17(2)13-5-3-4-6-14(13)18/h10-14,18H,3-9,16H2,1-2H3. The van der Waals surface area contributed by atoms with Crippen molar-refractivity contribution in [1.29, 1.82) is 0 Å². The Morgan fingerprint density at radius 1 is 1.21 bits per heavy atom. The van der Waals surface area contributed by atoms with E-state index in [1.54, 1.807) is 4.90 Å². The topological polar surface area (TPSA) is 66.6 Å². The van der Waals surface area contributed by atoms with Crippen LogP contribution >= 0.6 is 0 Å². The Labute approximate surface area is 116 Å². The van der Waals surface area contributed by atoms with E-state index in [1.165, 1.54) is 0 Å². The Kier molecular flexibility index (Phi) is 4.85. The van der Waals surface area contributed by atoms with Gasteiger partial charge in [0.1, 0.15) is 0 Å². The summed E-state index contributed by atoms with van der Waals surface area (Å²) in [6.45, 7) is 2.18. The molecule has 0 heterocycles. The SMILES string of the molecule is CC1CC(N)CC(C(=O)N(C)C2CCCCC2O)C1. The summed E-state index contributed by atoms with van der Waals surface area (Å²) >= 11 is 0. The van der Waals surface area contributed by atoms with Crippen LogP contribution in [0.4, 0.5) is 0 Å². The zero-order chi connectivity index (χ0) is 14.0. The maximum Gasteiger partial charge on any atom is 0.225 e. The van der Waals surface area contributed by atoms with Crippen molar-refractivity contribution < 1.29 is 9.90 Å². The molecule has 5 unspecified atom stereocenters. The van der Waals surface area contributed by atoms with E-state index in [-0.39, 0.29) is 30.0 Å². The van der Waals surface area contributed by atoms with Gasteiger partial charge in [0, 0.05) is 19.0 Å². The van der Waals surface area contributed by atoms with E-state index in [1.807, 2.05) is 7.05 Å². The van der Waals surface area contributed by atoms with Crippen molar-refractivity contribution in [3.8, 4) is 0 Å². The normalized spacial score (nSPS) is 39.9. The van der Waals surface area contributed by atoms with Gasteiger partial charge in [-0.25, -0.2) is 0 Å². The number of likely N-dealkylation sites (N-methyl/N-ethyl adjacent to an activating group) is 1. The van der Waals surface area contributed by atoms with Gasteiger partial charge in [0.05, 0.1) is 12.1 Å². The van der Waals surface area contributed by atoms with Gasteiger partial charge >= 0.3 is 0 Å². The third-order valence-electron chi connectivity index (χ3n) is 4.87. The van der Waals surface area contributed by atoms with E-state index in [0.29, 0.717) is 5.92 Å². The lowest BCUT2D eigenvalue weighted by Crippen LogP contribution is -2.50. The highest BCUT2D eigenvalue weighted by atomic mass is 16.3. The minimum atomic E-state index is -0.350. The number of carbonyl (C=O) groups is 1. The van der Waals surface area contributed by atoms with Gasteiger partial charge in [0.25, 0.3) is 0 Å². The molecule has 1 amide bonds. The van der Waals surface area contributed by atoms with Crippen LogP contribution in [0.1, 0.15) is 51.9 Å². The van der Waals surface area contributed by atoms with E-state index in [0.717, 1.165) is 44.9 Å². The van der Waals surface area contributed by atoms with E-state index in [2.05, 4.69) is 6.92 Å². The molecule has 0 aliphatic heterocycles. The molecular weight excluding hydrogens is 240 g/mol. The second-order valence-corrected chi connectivity index (χ2v) is 6.64. The monoisotopic (exact) mass is 268 g/mol. The first-order valence-electron chi connectivity index (χ1n) is 7.69. The van der Waals surface area contributed by atoms with Crippen molar-refractivity contribution in [2.45, 2.75) is 70.1 Å². The summed E-state index contributed by atoms with van der Waals surface area (Å²) in [4.78, 5) is 14.4. The first kappa shape index (κ1) is 14.8. The van der Waals surface area contributed by atoms with Gasteiger partial charge in [-0.2, -0.15) is 0 Å². The highest BCUT2D eigenvalue weighted by Gasteiger charge is 2.35. The van der Waals surface area contributed by atoms with Crippen LogP contribution in [0.5, 0.6) is 0 Å². The number of carbonyl (C=O) groups excluding carboxylic acids is 1. The second kappa shape index (κ2) is 6.23. The molecule has 110 valence electrons. The lowest BCUT2D eigenvalue weighted by Gasteiger charge is -2.39. The lowest BCUT2D eigenvalue weighted by molar-refractivity contribution is -0.141. The molecule has 19 heavy (non-hydrogen) atoms. The molecule has 0 aromatic carbocycles. The average molecular weight is 268 g/mol. The number of nitrogens with zero attached hydrogens (tertiary/aromatic N) is 1. The Hall–Kier alpha value is -0.610.